The molecule has 1 aromatic heterocycles. The smallest absolute Gasteiger partial charge is 0.201 e. The SMILES string of the molecule is Cc1cc2ccccc2cc1-c1cc([Si](C)(C)C)cc[n+]1C. The fourth-order valence-corrected chi connectivity index (χ4v) is 4.08. The van der Waals surface area contributed by atoms with E-state index in [0.717, 1.165) is 0 Å². The molecule has 0 saturated carbocycles. The number of benzene rings is 2. The van der Waals surface area contributed by atoms with Crippen molar-refractivity contribution in [3.05, 3.63) is 60.3 Å². The summed E-state index contributed by atoms with van der Waals surface area (Å²) in [7, 11) is 0.832. The first-order valence-corrected chi connectivity index (χ1v) is 11.4. The van der Waals surface area contributed by atoms with E-state index in [1.807, 2.05) is 0 Å². The van der Waals surface area contributed by atoms with Gasteiger partial charge in [0, 0.05) is 17.7 Å². The lowest BCUT2D eigenvalue weighted by atomic mass is 9.99. The van der Waals surface area contributed by atoms with Gasteiger partial charge >= 0.3 is 0 Å². The van der Waals surface area contributed by atoms with Gasteiger partial charge in [-0.25, -0.2) is 4.57 Å². The average Bonchev–Trinajstić information content (AvgIpc) is 2.46. The van der Waals surface area contributed by atoms with Crippen LogP contribution in [0.4, 0.5) is 0 Å². The van der Waals surface area contributed by atoms with E-state index in [1.165, 1.54) is 32.8 Å². The minimum absolute atomic E-state index is 1.30. The molecule has 0 N–H and O–H groups in total. The van der Waals surface area contributed by atoms with E-state index < -0.39 is 8.07 Å². The zero-order chi connectivity index (χ0) is 15.9. The molecule has 0 aliphatic heterocycles. The summed E-state index contributed by atoms with van der Waals surface area (Å²) in [6.45, 7) is 9.42. The van der Waals surface area contributed by atoms with E-state index in [1.54, 1.807) is 0 Å². The van der Waals surface area contributed by atoms with Crippen LogP contribution in [0, 0.1) is 6.92 Å². The molecule has 2 aromatic carbocycles. The number of aryl methyl sites for hydroxylation is 2. The van der Waals surface area contributed by atoms with Gasteiger partial charge in [-0.15, -0.1) is 0 Å². The molecule has 0 aliphatic rings. The van der Waals surface area contributed by atoms with Gasteiger partial charge in [0.2, 0.25) is 5.69 Å². The predicted octanol–water partition coefficient (Wildman–Crippen LogP) is 4.18. The molecular weight excluding hydrogens is 282 g/mol. The average molecular weight is 307 g/mol. The normalized spacial score (nSPS) is 11.9. The number of hydrogen-bond acceptors (Lipinski definition) is 0. The van der Waals surface area contributed by atoms with Gasteiger partial charge in [-0.05, 0) is 34.5 Å². The second-order valence-corrected chi connectivity index (χ2v) is 12.3. The van der Waals surface area contributed by atoms with Gasteiger partial charge in [-0.1, -0.05) is 50.0 Å². The van der Waals surface area contributed by atoms with E-state index in [9.17, 15) is 0 Å². The standard InChI is InChI=1S/C20H24NSi/c1-15-12-16-8-6-7-9-17(16)13-19(15)20-14-18(22(3,4)5)10-11-21(20)2/h6-14H,1-5H3/q+1. The topological polar surface area (TPSA) is 3.88 Å². The molecule has 0 bridgehead atoms. The molecule has 0 atom stereocenters. The fraction of sp³-hybridized carbons (Fsp3) is 0.250. The highest BCUT2D eigenvalue weighted by Gasteiger charge is 2.21. The summed E-state index contributed by atoms with van der Waals surface area (Å²) >= 11 is 0. The van der Waals surface area contributed by atoms with Crippen molar-refractivity contribution < 1.29 is 4.57 Å². The van der Waals surface area contributed by atoms with Crippen LogP contribution in [0.25, 0.3) is 22.0 Å². The Morgan fingerprint density at radius 3 is 2.14 bits per heavy atom. The van der Waals surface area contributed by atoms with E-state index in [-0.39, 0.29) is 0 Å². The quantitative estimate of drug-likeness (QED) is 0.494. The molecule has 0 fully saturated rings. The predicted molar refractivity (Wildman–Crippen MR) is 98.3 cm³/mol. The lowest BCUT2D eigenvalue weighted by Crippen LogP contribution is -2.42. The molecule has 1 heterocycles. The highest BCUT2D eigenvalue weighted by atomic mass is 28.3. The Balaban J connectivity index is 2.24. The summed E-state index contributed by atoms with van der Waals surface area (Å²) in [5.74, 6) is 0. The van der Waals surface area contributed by atoms with E-state index >= 15 is 0 Å². The molecule has 3 aromatic rings. The van der Waals surface area contributed by atoms with Gasteiger partial charge in [0.05, 0.1) is 8.07 Å². The third-order valence-electron chi connectivity index (χ3n) is 4.38. The van der Waals surface area contributed by atoms with Gasteiger partial charge < -0.3 is 0 Å². The van der Waals surface area contributed by atoms with Gasteiger partial charge in [0.15, 0.2) is 6.20 Å². The summed E-state index contributed by atoms with van der Waals surface area (Å²) in [5, 5.41) is 4.13. The number of nitrogens with zero attached hydrogens (tertiary/aromatic N) is 1. The Kier molecular flexibility index (Phi) is 3.65. The first kappa shape index (κ1) is 15.0. The van der Waals surface area contributed by atoms with Crippen LogP contribution in [-0.2, 0) is 7.05 Å². The maximum absolute atomic E-state index is 2.40. The minimum Gasteiger partial charge on any atom is -0.201 e. The van der Waals surface area contributed by atoms with Crippen LogP contribution >= 0.6 is 0 Å². The van der Waals surface area contributed by atoms with Crippen molar-refractivity contribution >= 4 is 24.0 Å². The van der Waals surface area contributed by atoms with Crippen molar-refractivity contribution in [3.8, 4) is 11.3 Å². The number of aromatic nitrogens is 1. The molecule has 0 saturated heterocycles. The highest BCUT2D eigenvalue weighted by Crippen LogP contribution is 2.26. The number of hydrogen-bond donors (Lipinski definition) is 0. The molecule has 22 heavy (non-hydrogen) atoms. The molecule has 2 heteroatoms. The van der Waals surface area contributed by atoms with Crippen LogP contribution in [0.3, 0.4) is 0 Å². The Labute approximate surface area is 134 Å². The van der Waals surface area contributed by atoms with E-state index in [2.05, 4.69) is 92.9 Å². The van der Waals surface area contributed by atoms with Crippen LogP contribution < -0.4 is 9.75 Å². The summed E-state index contributed by atoms with van der Waals surface area (Å²) in [6.07, 6.45) is 2.21. The Morgan fingerprint density at radius 1 is 0.864 bits per heavy atom. The van der Waals surface area contributed by atoms with Gasteiger partial charge in [0.25, 0.3) is 0 Å². The first-order chi connectivity index (χ1) is 10.4. The highest BCUT2D eigenvalue weighted by molar-refractivity contribution is 6.88. The molecule has 0 aliphatic carbocycles. The Hall–Kier alpha value is -1.93. The molecule has 0 amide bonds. The van der Waals surface area contributed by atoms with Crippen LogP contribution in [0.2, 0.25) is 19.6 Å². The third kappa shape index (κ3) is 2.71. The third-order valence-corrected chi connectivity index (χ3v) is 6.43. The van der Waals surface area contributed by atoms with E-state index in [4.69, 9.17) is 0 Å². The Morgan fingerprint density at radius 2 is 1.50 bits per heavy atom. The number of fused-ring (bicyclic) bond motifs is 1. The van der Waals surface area contributed by atoms with Gasteiger partial charge in [-0.3, -0.25) is 0 Å². The first-order valence-electron chi connectivity index (χ1n) is 7.86. The molecule has 0 radical (unpaired) electrons. The molecule has 112 valence electrons. The minimum atomic E-state index is -1.30. The maximum atomic E-state index is 2.40. The van der Waals surface area contributed by atoms with Gasteiger partial charge in [0.1, 0.15) is 7.05 Å². The lowest BCUT2D eigenvalue weighted by Gasteiger charge is -2.17. The van der Waals surface area contributed by atoms with Crippen molar-refractivity contribution in [1.82, 2.24) is 0 Å². The van der Waals surface area contributed by atoms with Crippen molar-refractivity contribution in [2.24, 2.45) is 7.05 Å². The zero-order valence-corrected chi connectivity index (χ0v) is 15.1. The van der Waals surface area contributed by atoms with E-state index in [0.29, 0.717) is 0 Å². The van der Waals surface area contributed by atoms with Crippen molar-refractivity contribution in [2.45, 2.75) is 26.6 Å². The summed E-state index contributed by atoms with van der Waals surface area (Å²) in [6, 6.07) is 17.9. The molecule has 0 spiro atoms. The van der Waals surface area contributed by atoms with Crippen molar-refractivity contribution in [3.63, 3.8) is 0 Å². The maximum Gasteiger partial charge on any atom is 0.212 e. The largest absolute Gasteiger partial charge is 0.212 e. The fourth-order valence-electron chi connectivity index (χ4n) is 2.93. The lowest BCUT2D eigenvalue weighted by molar-refractivity contribution is -0.660. The van der Waals surface area contributed by atoms with Crippen molar-refractivity contribution in [1.29, 1.82) is 0 Å². The summed E-state index contributed by atoms with van der Waals surface area (Å²) in [5.41, 5.74) is 3.98. The number of pyridine rings is 1. The monoisotopic (exact) mass is 306 g/mol. The molecule has 0 unspecified atom stereocenters. The second-order valence-electron chi connectivity index (χ2n) is 7.18. The van der Waals surface area contributed by atoms with Crippen LogP contribution in [0.5, 0.6) is 0 Å². The molecule has 1 nitrogen and oxygen atoms in total. The second kappa shape index (κ2) is 5.36. The molecular formula is C20H24NSi+. The Bertz CT molecular complexity index is 844. The van der Waals surface area contributed by atoms with Gasteiger partial charge in [-0.2, -0.15) is 0 Å². The summed E-state index contributed by atoms with van der Waals surface area (Å²) in [4.78, 5) is 0. The summed E-state index contributed by atoms with van der Waals surface area (Å²) < 4.78 is 2.24. The van der Waals surface area contributed by atoms with Crippen LogP contribution in [-0.4, -0.2) is 8.07 Å². The van der Waals surface area contributed by atoms with Crippen LogP contribution in [0.1, 0.15) is 5.56 Å². The molecule has 3 rings (SSSR count). The zero-order valence-electron chi connectivity index (χ0n) is 14.1. The number of rotatable bonds is 2. The van der Waals surface area contributed by atoms with Crippen LogP contribution in [0.15, 0.2) is 54.7 Å². The van der Waals surface area contributed by atoms with Crippen molar-refractivity contribution in [2.75, 3.05) is 0 Å².